The molecule has 140 valence electrons. The van der Waals surface area contributed by atoms with Gasteiger partial charge in [0.2, 0.25) is 0 Å². The van der Waals surface area contributed by atoms with Gasteiger partial charge in [-0.05, 0) is 18.9 Å². The largest absolute Gasteiger partial charge is 0.461 e. The number of rotatable bonds is 6. The number of hydrogen-bond donors (Lipinski definition) is 0. The minimum atomic E-state index is -0.514. The lowest BCUT2D eigenvalue weighted by atomic mass is 10.1. The number of carbonyl (C=O) groups is 1. The Balaban J connectivity index is 2.02. The Kier molecular flexibility index (Phi) is 5.31. The van der Waals surface area contributed by atoms with Crippen LogP contribution in [0.4, 0.5) is 5.69 Å². The minimum Gasteiger partial charge on any atom is -0.461 e. The van der Waals surface area contributed by atoms with Gasteiger partial charge in [-0.2, -0.15) is 0 Å². The number of ether oxygens (including phenoxy) is 1. The summed E-state index contributed by atoms with van der Waals surface area (Å²) in [5, 5.41) is 13.1. The predicted octanol–water partition coefficient (Wildman–Crippen LogP) is 3.37. The standard InChI is InChI=1S/C18H17N3O5S/c1-3-11(2)26-15(22)8-20-10-19-17-16(18(20)23)14(9-27-17)12-5-4-6-13(7-12)21(24)25/h4-7,9-11H,3,8H2,1-2H3/t11-/m0/s1. The van der Waals surface area contributed by atoms with Crippen molar-refractivity contribution in [3.05, 3.63) is 56.4 Å². The summed E-state index contributed by atoms with van der Waals surface area (Å²) >= 11 is 1.27. The van der Waals surface area contributed by atoms with E-state index in [0.717, 1.165) is 0 Å². The lowest BCUT2D eigenvalue weighted by Crippen LogP contribution is -2.27. The molecule has 0 saturated carbocycles. The monoisotopic (exact) mass is 387 g/mol. The SMILES string of the molecule is CC[C@H](C)OC(=O)Cn1cnc2scc(-c3cccc([N+](=O)[O-])c3)c2c1=O. The van der Waals surface area contributed by atoms with Crippen LogP contribution in [0.1, 0.15) is 20.3 Å². The second-order valence-electron chi connectivity index (χ2n) is 6.02. The third-order valence-electron chi connectivity index (χ3n) is 4.14. The van der Waals surface area contributed by atoms with E-state index < -0.39 is 10.9 Å². The van der Waals surface area contributed by atoms with Crippen molar-refractivity contribution in [2.24, 2.45) is 0 Å². The van der Waals surface area contributed by atoms with E-state index in [2.05, 4.69) is 4.98 Å². The van der Waals surface area contributed by atoms with Gasteiger partial charge in [-0.25, -0.2) is 4.98 Å². The van der Waals surface area contributed by atoms with Crippen molar-refractivity contribution in [3.8, 4) is 11.1 Å². The molecule has 0 N–H and O–H groups in total. The number of nitro benzene ring substituents is 1. The fourth-order valence-electron chi connectivity index (χ4n) is 2.56. The molecule has 0 aliphatic rings. The second-order valence-corrected chi connectivity index (χ2v) is 6.88. The summed E-state index contributed by atoms with van der Waals surface area (Å²) in [6.45, 7) is 3.44. The summed E-state index contributed by atoms with van der Waals surface area (Å²) in [6.07, 6.45) is 1.77. The van der Waals surface area contributed by atoms with Crippen molar-refractivity contribution in [2.75, 3.05) is 0 Å². The molecule has 0 unspecified atom stereocenters. The van der Waals surface area contributed by atoms with E-state index in [0.29, 0.717) is 27.8 Å². The molecule has 0 bridgehead atoms. The summed E-state index contributed by atoms with van der Waals surface area (Å²) in [7, 11) is 0. The second kappa shape index (κ2) is 7.67. The number of esters is 1. The van der Waals surface area contributed by atoms with Gasteiger partial charge in [0, 0.05) is 23.1 Å². The number of benzene rings is 1. The van der Waals surface area contributed by atoms with E-state index in [4.69, 9.17) is 4.74 Å². The Morgan fingerprint density at radius 2 is 2.22 bits per heavy atom. The van der Waals surface area contributed by atoms with Crippen molar-refractivity contribution >= 4 is 33.2 Å². The topological polar surface area (TPSA) is 104 Å². The third-order valence-corrected chi connectivity index (χ3v) is 5.02. The zero-order valence-corrected chi connectivity index (χ0v) is 15.6. The molecule has 1 aromatic carbocycles. The van der Waals surface area contributed by atoms with E-state index in [1.165, 1.54) is 34.4 Å². The molecule has 3 rings (SSSR count). The fourth-order valence-corrected chi connectivity index (χ4v) is 3.47. The molecule has 0 saturated heterocycles. The highest BCUT2D eigenvalue weighted by atomic mass is 32.1. The van der Waals surface area contributed by atoms with Crippen molar-refractivity contribution in [2.45, 2.75) is 32.9 Å². The third kappa shape index (κ3) is 3.87. The molecule has 3 aromatic rings. The molecule has 0 aliphatic carbocycles. The lowest BCUT2D eigenvalue weighted by molar-refractivity contribution is -0.384. The van der Waals surface area contributed by atoms with Crippen LogP contribution < -0.4 is 5.56 Å². The number of carbonyl (C=O) groups excluding carboxylic acids is 1. The van der Waals surface area contributed by atoms with Gasteiger partial charge < -0.3 is 4.74 Å². The number of nitro groups is 1. The summed E-state index contributed by atoms with van der Waals surface area (Å²) in [6, 6.07) is 6.06. The molecule has 0 aliphatic heterocycles. The molecule has 0 spiro atoms. The van der Waals surface area contributed by atoms with Gasteiger partial charge >= 0.3 is 5.97 Å². The van der Waals surface area contributed by atoms with Gasteiger partial charge in [0.05, 0.1) is 22.7 Å². The summed E-state index contributed by atoms with van der Waals surface area (Å²) in [4.78, 5) is 40.2. The van der Waals surface area contributed by atoms with E-state index in [1.807, 2.05) is 6.92 Å². The van der Waals surface area contributed by atoms with E-state index in [-0.39, 0.29) is 23.9 Å². The van der Waals surface area contributed by atoms with Crippen LogP contribution in [0.2, 0.25) is 0 Å². The highest BCUT2D eigenvalue weighted by Gasteiger charge is 2.17. The van der Waals surface area contributed by atoms with Crippen molar-refractivity contribution in [1.29, 1.82) is 0 Å². The Morgan fingerprint density at radius 3 is 2.93 bits per heavy atom. The van der Waals surface area contributed by atoms with Crippen LogP contribution in [0.3, 0.4) is 0 Å². The van der Waals surface area contributed by atoms with Crippen LogP contribution >= 0.6 is 11.3 Å². The van der Waals surface area contributed by atoms with Crippen LogP contribution in [0.25, 0.3) is 21.3 Å². The van der Waals surface area contributed by atoms with Crippen LogP contribution in [0, 0.1) is 10.1 Å². The molecule has 2 heterocycles. The Labute approximate surface area is 158 Å². The maximum atomic E-state index is 12.9. The molecule has 8 nitrogen and oxygen atoms in total. The summed E-state index contributed by atoms with van der Waals surface area (Å²) in [5.74, 6) is -0.514. The molecule has 1 atom stereocenters. The molecule has 0 radical (unpaired) electrons. The first kappa shape index (κ1) is 18.7. The average molecular weight is 387 g/mol. The zero-order valence-electron chi connectivity index (χ0n) is 14.7. The first-order valence-corrected chi connectivity index (χ1v) is 9.19. The van der Waals surface area contributed by atoms with Gasteiger partial charge in [0.15, 0.2) is 0 Å². The first-order valence-electron chi connectivity index (χ1n) is 8.31. The molecular formula is C18H17N3O5S. The Morgan fingerprint density at radius 1 is 1.44 bits per heavy atom. The van der Waals surface area contributed by atoms with Crippen molar-refractivity contribution in [1.82, 2.24) is 9.55 Å². The van der Waals surface area contributed by atoms with Gasteiger partial charge in [-0.1, -0.05) is 19.1 Å². The highest BCUT2D eigenvalue weighted by Crippen LogP contribution is 2.32. The highest BCUT2D eigenvalue weighted by molar-refractivity contribution is 7.17. The zero-order chi connectivity index (χ0) is 19.6. The van der Waals surface area contributed by atoms with Gasteiger partial charge in [-0.3, -0.25) is 24.3 Å². The summed E-state index contributed by atoms with van der Waals surface area (Å²) < 4.78 is 6.41. The lowest BCUT2D eigenvalue weighted by Gasteiger charge is -2.11. The molecule has 0 fully saturated rings. The van der Waals surface area contributed by atoms with Crippen molar-refractivity contribution < 1.29 is 14.5 Å². The molecule has 9 heteroatoms. The van der Waals surface area contributed by atoms with Gasteiger partial charge in [0.1, 0.15) is 11.4 Å². The van der Waals surface area contributed by atoms with Gasteiger partial charge in [-0.15, -0.1) is 11.3 Å². The number of aromatic nitrogens is 2. The maximum Gasteiger partial charge on any atom is 0.326 e. The minimum absolute atomic E-state index is 0.0619. The predicted molar refractivity (Wildman–Crippen MR) is 102 cm³/mol. The van der Waals surface area contributed by atoms with Crippen molar-refractivity contribution in [3.63, 3.8) is 0 Å². The van der Waals surface area contributed by atoms with E-state index >= 15 is 0 Å². The van der Waals surface area contributed by atoms with E-state index in [9.17, 15) is 19.7 Å². The van der Waals surface area contributed by atoms with Crippen LogP contribution in [0.15, 0.2) is 40.8 Å². The number of fused-ring (bicyclic) bond motifs is 1. The van der Waals surface area contributed by atoms with Crippen LogP contribution in [0.5, 0.6) is 0 Å². The Bertz CT molecular complexity index is 1070. The number of nitrogens with zero attached hydrogens (tertiary/aromatic N) is 3. The molecule has 0 amide bonds. The Hall–Kier alpha value is -3.07. The van der Waals surface area contributed by atoms with E-state index in [1.54, 1.807) is 24.4 Å². The smallest absolute Gasteiger partial charge is 0.326 e. The average Bonchev–Trinajstić information content (AvgIpc) is 3.09. The van der Waals surface area contributed by atoms with Gasteiger partial charge in [0.25, 0.3) is 11.2 Å². The molecule has 2 aromatic heterocycles. The quantitative estimate of drug-likeness (QED) is 0.365. The maximum absolute atomic E-state index is 12.9. The normalized spacial score (nSPS) is 12.1. The number of non-ortho nitro benzene ring substituents is 1. The van der Waals surface area contributed by atoms with Crippen LogP contribution in [-0.2, 0) is 16.1 Å². The number of thiophene rings is 1. The molecule has 27 heavy (non-hydrogen) atoms. The molecular weight excluding hydrogens is 370 g/mol. The van der Waals surface area contributed by atoms with Crippen LogP contribution in [-0.4, -0.2) is 26.5 Å². The summed E-state index contributed by atoms with van der Waals surface area (Å²) in [5.41, 5.74) is 0.659. The number of hydrogen-bond acceptors (Lipinski definition) is 7. The fraction of sp³-hybridized carbons (Fsp3) is 0.278. The first-order chi connectivity index (χ1) is 12.9.